The maximum atomic E-state index is 11.8. The van der Waals surface area contributed by atoms with Gasteiger partial charge in [-0.3, -0.25) is 9.59 Å². The summed E-state index contributed by atoms with van der Waals surface area (Å²) in [5, 5.41) is 11.9. The summed E-state index contributed by atoms with van der Waals surface area (Å²) in [4.78, 5) is 22.9. The van der Waals surface area contributed by atoms with E-state index in [-0.39, 0.29) is 11.9 Å². The third-order valence-corrected chi connectivity index (χ3v) is 3.39. The number of amides is 1. The summed E-state index contributed by atoms with van der Waals surface area (Å²) in [5.74, 6) is -1.27. The van der Waals surface area contributed by atoms with Crippen molar-refractivity contribution in [3.63, 3.8) is 0 Å². The van der Waals surface area contributed by atoms with Gasteiger partial charge in [0.15, 0.2) is 0 Å². The molecule has 2 aliphatic rings. The quantitative estimate of drug-likeness (QED) is 0.540. The van der Waals surface area contributed by atoms with Gasteiger partial charge in [-0.2, -0.15) is 0 Å². The van der Waals surface area contributed by atoms with Crippen molar-refractivity contribution >= 4 is 11.9 Å². The van der Waals surface area contributed by atoms with Crippen LogP contribution in [0.1, 0.15) is 32.1 Å². The van der Waals surface area contributed by atoms with Crippen LogP contribution < -0.4 is 5.32 Å². The molecule has 0 aromatic carbocycles. The molecule has 0 saturated heterocycles. The molecular formula is C11H15NO3. The summed E-state index contributed by atoms with van der Waals surface area (Å²) < 4.78 is 0. The predicted octanol–water partition coefficient (Wildman–Crippen LogP) is 1.08. The normalized spacial score (nSPS) is 23.5. The van der Waals surface area contributed by atoms with Crippen LogP contribution in [0, 0.1) is 5.41 Å². The van der Waals surface area contributed by atoms with Gasteiger partial charge >= 0.3 is 5.97 Å². The minimum atomic E-state index is -1.12. The van der Waals surface area contributed by atoms with Crippen molar-refractivity contribution in [2.75, 3.05) is 0 Å². The van der Waals surface area contributed by atoms with E-state index in [9.17, 15) is 9.59 Å². The second kappa shape index (κ2) is 3.68. The van der Waals surface area contributed by atoms with Gasteiger partial charge in [-0.15, -0.1) is 0 Å². The molecular weight excluding hydrogens is 194 g/mol. The van der Waals surface area contributed by atoms with E-state index in [1.54, 1.807) is 0 Å². The lowest BCUT2D eigenvalue weighted by Gasteiger charge is -2.36. The van der Waals surface area contributed by atoms with E-state index in [2.05, 4.69) is 5.32 Å². The maximum absolute atomic E-state index is 11.8. The Hall–Kier alpha value is -1.32. The lowest BCUT2D eigenvalue weighted by atomic mass is 9.68. The molecule has 1 saturated carbocycles. The fourth-order valence-electron chi connectivity index (χ4n) is 2.13. The van der Waals surface area contributed by atoms with Crippen LogP contribution in [0.25, 0.3) is 0 Å². The van der Waals surface area contributed by atoms with E-state index in [1.165, 1.54) is 0 Å². The van der Waals surface area contributed by atoms with Gasteiger partial charge in [0.1, 0.15) is 5.41 Å². The molecule has 4 heteroatoms. The SMILES string of the molecule is O=C(O)C1(C(=O)NC2CC=CC2)CCC1. The molecule has 4 nitrogen and oxygen atoms in total. The van der Waals surface area contributed by atoms with Crippen LogP contribution in [0.4, 0.5) is 0 Å². The number of carboxylic acids is 1. The largest absolute Gasteiger partial charge is 0.480 e. The van der Waals surface area contributed by atoms with Crippen LogP contribution in [0.2, 0.25) is 0 Å². The minimum absolute atomic E-state index is 0.106. The Morgan fingerprint density at radius 3 is 2.27 bits per heavy atom. The molecule has 1 fully saturated rings. The van der Waals surface area contributed by atoms with Crippen LogP contribution in [0.3, 0.4) is 0 Å². The third kappa shape index (κ3) is 1.64. The van der Waals surface area contributed by atoms with Crippen LogP contribution in [-0.2, 0) is 9.59 Å². The number of carboxylic acid groups (broad SMARTS) is 1. The van der Waals surface area contributed by atoms with Gasteiger partial charge in [-0.1, -0.05) is 18.6 Å². The van der Waals surface area contributed by atoms with Gasteiger partial charge in [0, 0.05) is 6.04 Å². The molecule has 0 aliphatic heterocycles. The first-order valence-corrected chi connectivity index (χ1v) is 5.34. The number of aliphatic carboxylic acids is 1. The van der Waals surface area contributed by atoms with Gasteiger partial charge in [0.2, 0.25) is 5.91 Å². The molecule has 0 atom stereocenters. The topological polar surface area (TPSA) is 66.4 Å². The van der Waals surface area contributed by atoms with Crippen LogP contribution in [0.5, 0.6) is 0 Å². The van der Waals surface area contributed by atoms with Gasteiger partial charge in [-0.05, 0) is 25.7 Å². The molecule has 82 valence electrons. The third-order valence-electron chi connectivity index (χ3n) is 3.39. The Kier molecular flexibility index (Phi) is 2.50. The summed E-state index contributed by atoms with van der Waals surface area (Å²) >= 11 is 0. The Balaban J connectivity index is 1.97. The number of carbonyl (C=O) groups excluding carboxylic acids is 1. The molecule has 2 aliphatic carbocycles. The molecule has 0 bridgehead atoms. The number of hydrogen-bond acceptors (Lipinski definition) is 2. The first kappa shape index (κ1) is 10.2. The highest BCUT2D eigenvalue weighted by Crippen LogP contribution is 2.41. The second-order valence-electron chi connectivity index (χ2n) is 4.35. The standard InChI is InChI=1S/C11H15NO3/c13-9(12-8-4-1-2-5-8)11(10(14)15)6-3-7-11/h1-2,8H,3-7H2,(H,12,13)(H,14,15). The van der Waals surface area contributed by atoms with Crippen molar-refractivity contribution in [1.82, 2.24) is 5.32 Å². The smallest absolute Gasteiger partial charge is 0.319 e. The fourth-order valence-corrected chi connectivity index (χ4v) is 2.13. The van der Waals surface area contributed by atoms with Crippen LogP contribution in [0.15, 0.2) is 12.2 Å². The highest BCUT2D eigenvalue weighted by Gasteiger charge is 2.51. The number of rotatable bonds is 3. The van der Waals surface area contributed by atoms with Gasteiger partial charge < -0.3 is 10.4 Å². The molecule has 0 aromatic rings. The molecule has 0 spiro atoms. The molecule has 0 unspecified atom stereocenters. The second-order valence-corrected chi connectivity index (χ2v) is 4.35. The predicted molar refractivity (Wildman–Crippen MR) is 54.2 cm³/mol. The van der Waals surface area contributed by atoms with Crippen molar-refractivity contribution in [2.45, 2.75) is 38.1 Å². The number of carbonyl (C=O) groups is 2. The first-order valence-electron chi connectivity index (χ1n) is 5.34. The maximum Gasteiger partial charge on any atom is 0.319 e. The van der Waals surface area contributed by atoms with E-state index < -0.39 is 11.4 Å². The molecule has 2 rings (SSSR count). The van der Waals surface area contributed by atoms with Crippen molar-refractivity contribution in [1.29, 1.82) is 0 Å². The summed E-state index contributed by atoms with van der Waals surface area (Å²) in [5.41, 5.74) is -1.12. The Morgan fingerprint density at radius 2 is 1.87 bits per heavy atom. The zero-order valence-electron chi connectivity index (χ0n) is 8.53. The Morgan fingerprint density at radius 1 is 1.27 bits per heavy atom. The molecule has 0 heterocycles. The lowest BCUT2D eigenvalue weighted by molar-refractivity contribution is -0.162. The zero-order chi connectivity index (χ0) is 10.9. The Labute approximate surface area is 88.4 Å². The lowest BCUT2D eigenvalue weighted by Crippen LogP contribution is -2.53. The molecule has 2 N–H and O–H groups in total. The van der Waals surface area contributed by atoms with E-state index in [4.69, 9.17) is 5.11 Å². The fraction of sp³-hybridized carbons (Fsp3) is 0.636. The van der Waals surface area contributed by atoms with Crippen molar-refractivity contribution in [3.8, 4) is 0 Å². The van der Waals surface area contributed by atoms with Gasteiger partial charge in [0.25, 0.3) is 0 Å². The summed E-state index contributed by atoms with van der Waals surface area (Å²) in [7, 11) is 0. The van der Waals surface area contributed by atoms with E-state index in [0.717, 1.165) is 19.3 Å². The molecule has 1 amide bonds. The molecule has 0 aromatic heterocycles. The van der Waals surface area contributed by atoms with Crippen molar-refractivity contribution in [2.24, 2.45) is 5.41 Å². The van der Waals surface area contributed by atoms with Crippen LogP contribution in [-0.4, -0.2) is 23.0 Å². The van der Waals surface area contributed by atoms with Crippen LogP contribution >= 0.6 is 0 Å². The monoisotopic (exact) mass is 209 g/mol. The number of hydrogen-bond donors (Lipinski definition) is 2. The highest BCUT2D eigenvalue weighted by atomic mass is 16.4. The molecule has 15 heavy (non-hydrogen) atoms. The van der Waals surface area contributed by atoms with E-state index >= 15 is 0 Å². The summed E-state index contributed by atoms with van der Waals surface area (Å²) in [6.45, 7) is 0. The average molecular weight is 209 g/mol. The average Bonchev–Trinajstić information content (AvgIpc) is 2.53. The first-order chi connectivity index (χ1) is 7.15. The minimum Gasteiger partial charge on any atom is -0.480 e. The highest BCUT2D eigenvalue weighted by molar-refractivity contribution is 6.02. The molecule has 0 radical (unpaired) electrons. The zero-order valence-corrected chi connectivity index (χ0v) is 8.53. The van der Waals surface area contributed by atoms with Gasteiger partial charge in [-0.25, -0.2) is 0 Å². The summed E-state index contributed by atoms with van der Waals surface area (Å²) in [6, 6.07) is 0.106. The van der Waals surface area contributed by atoms with Crippen molar-refractivity contribution < 1.29 is 14.7 Å². The summed E-state index contributed by atoms with van der Waals surface area (Å²) in [6.07, 6.45) is 7.46. The van der Waals surface area contributed by atoms with E-state index in [1.807, 2.05) is 12.2 Å². The van der Waals surface area contributed by atoms with Crippen molar-refractivity contribution in [3.05, 3.63) is 12.2 Å². The Bertz CT molecular complexity index is 310. The van der Waals surface area contributed by atoms with E-state index in [0.29, 0.717) is 12.8 Å². The van der Waals surface area contributed by atoms with Gasteiger partial charge in [0.05, 0.1) is 0 Å². The number of nitrogens with one attached hydrogen (secondary N) is 1.